The summed E-state index contributed by atoms with van der Waals surface area (Å²) in [7, 11) is 1.81. The van der Waals surface area contributed by atoms with Gasteiger partial charge >= 0.3 is 0 Å². The van der Waals surface area contributed by atoms with Gasteiger partial charge in [-0.25, -0.2) is 0 Å². The fourth-order valence-corrected chi connectivity index (χ4v) is 2.57. The lowest BCUT2D eigenvalue weighted by Gasteiger charge is -2.13. The first-order chi connectivity index (χ1) is 12.7. The molecule has 0 aliphatic carbocycles. The standard InChI is InChI=1S/C21H37N3O2.HI/c1-5-25-13-14-26-17-20-11-8-10-19(15-20)16-24-21(22-4)23-12-7-6-9-18(2)3;/h8,10-11,15,18H,5-7,9,12-14,16-17H2,1-4H3,(H2,22,23,24);1H. The summed E-state index contributed by atoms with van der Waals surface area (Å²) in [6.45, 7) is 10.9. The third-order valence-corrected chi connectivity index (χ3v) is 4.02. The largest absolute Gasteiger partial charge is 0.379 e. The second-order valence-electron chi connectivity index (χ2n) is 6.81. The summed E-state index contributed by atoms with van der Waals surface area (Å²) >= 11 is 0. The van der Waals surface area contributed by atoms with E-state index in [1.54, 1.807) is 0 Å². The molecule has 0 spiro atoms. The van der Waals surface area contributed by atoms with Crippen molar-refractivity contribution in [2.45, 2.75) is 53.2 Å². The summed E-state index contributed by atoms with van der Waals surface area (Å²) in [4.78, 5) is 4.29. The van der Waals surface area contributed by atoms with Crippen LogP contribution in [0.2, 0.25) is 0 Å². The van der Waals surface area contributed by atoms with E-state index in [0.717, 1.165) is 31.6 Å². The number of hydrogen-bond acceptors (Lipinski definition) is 3. The van der Waals surface area contributed by atoms with Crippen LogP contribution in [0.5, 0.6) is 0 Å². The van der Waals surface area contributed by atoms with Crippen molar-refractivity contribution in [3.8, 4) is 0 Å². The van der Waals surface area contributed by atoms with Gasteiger partial charge in [-0.15, -0.1) is 24.0 Å². The van der Waals surface area contributed by atoms with E-state index < -0.39 is 0 Å². The molecule has 0 atom stereocenters. The maximum absolute atomic E-state index is 5.63. The third-order valence-electron chi connectivity index (χ3n) is 4.02. The molecule has 0 bridgehead atoms. The number of rotatable bonds is 13. The van der Waals surface area contributed by atoms with Crippen molar-refractivity contribution in [3.63, 3.8) is 0 Å². The Morgan fingerprint density at radius 2 is 1.81 bits per heavy atom. The SMILES string of the molecule is CCOCCOCc1cccc(CNC(=NC)NCCCCC(C)C)c1.I. The zero-order valence-corrected chi connectivity index (χ0v) is 19.8. The topological polar surface area (TPSA) is 54.9 Å². The number of hydrogen-bond donors (Lipinski definition) is 2. The zero-order chi connectivity index (χ0) is 19.0. The Morgan fingerprint density at radius 1 is 1.07 bits per heavy atom. The lowest BCUT2D eigenvalue weighted by molar-refractivity contribution is 0.0453. The first kappa shape index (κ1) is 26.1. The molecule has 27 heavy (non-hydrogen) atoms. The molecule has 0 radical (unpaired) electrons. The molecule has 0 aliphatic rings. The number of nitrogens with zero attached hydrogens (tertiary/aromatic N) is 1. The Labute approximate surface area is 182 Å². The van der Waals surface area contributed by atoms with Gasteiger partial charge in [-0.05, 0) is 30.4 Å². The van der Waals surface area contributed by atoms with E-state index in [1.807, 2.05) is 14.0 Å². The van der Waals surface area contributed by atoms with Gasteiger partial charge in [0, 0.05) is 26.7 Å². The second-order valence-corrected chi connectivity index (χ2v) is 6.81. The van der Waals surface area contributed by atoms with Crippen LogP contribution in [0.4, 0.5) is 0 Å². The van der Waals surface area contributed by atoms with Crippen molar-refractivity contribution in [3.05, 3.63) is 35.4 Å². The zero-order valence-electron chi connectivity index (χ0n) is 17.4. The van der Waals surface area contributed by atoms with Crippen molar-refractivity contribution in [1.29, 1.82) is 0 Å². The molecule has 0 aromatic heterocycles. The quantitative estimate of drug-likeness (QED) is 0.187. The van der Waals surface area contributed by atoms with E-state index in [9.17, 15) is 0 Å². The van der Waals surface area contributed by atoms with Crippen molar-refractivity contribution in [1.82, 2.24) is 10.6 Å². The molecule has 0 saturated heterocycles. The van der Waals surface area contributed by atoms with E-state index in [2.05, 4.69) is 53.7 Å². The summed E-state index contributed by atoms with van der Waals surface area (Å²) < 4.78 is 10.9. The van der Waals surface area contributed by atoms with Gasteiger partial charge in [0.1, 0.15) is 0 Å². The Hall–Kier alpha value is -0.860. The van der Waals surface area contributed by atoms with E-state index in [-0.39, 0.29) is 24.0 Å². The predicted molar refractivity (Wildman–Crippen MR) is 125 cm³/mol. The molecule has 156 valence electrons. The molecule has 0 aliphatic heterocycles. The third kappa shape index (κ3) is 13.9. The first-order valence-electron chi connectivity index (χ1n) is 9.83. The molecule has 2 N–H and O–H groups in total. The number of ether oxygens (including phenoxy) is 2. The number of aliphatic imine (C=N–C) groups is 1. The van der Waals surface area contributed by atoms with Crippen molar-refractivity contribution < 1.29 is 9.47 Å². The minimum atomic E-state index is 0. The molecule has 1 rings (SSSR count). The molecule has 5 nitrogen and oxygen atoms in total. The van der Waals surface area contributed by atoms with Gasteiger partial charge < -0.3 is 20.1 Å². The lowest BCUT2D eigenvalue weighted by Crippen LogP contribution is -2.37. The van der Waals surface area contributed by atoms with Gasteiger partial charge in [-0.2, -0.15) is 0 Å². The summed E-state index contributed by atoms with van der Waals surface area (Å²) in [5, 5.41) is 6.76. The molecule has 1 aromatic carbocycles. The molecular formula is C21H38IN3O2. The highest BCUT2D eigenvalue weighted by atomic mass is 127. The van der Waals surface area contributed by atoms with Gasteiger partial charge in [0.2, 0.25) is 0 Å². The number of unbranched alkanes of at least 4 members (excludes halogenated alkanes) is 1. The molecule has 0 amide bonds. The van der Waals surface area contributed by atoms with Crippen LogP contribution in [-0.4, -0.2) is 39.4 Å². The van der Waals surface area contributed by atoms with Gasteiger partial charge in [-0.3, -0.25) is 4.99 Å². The monoisotopic (exact) mass is 491 g/mol. The number of nitrogens with one attached hydrogen (secondary N) is 2. The predicted octanol–water partition coefficient (Wildman–Crippen LogP) is 4.35. The molecule has 0 fully saturated rings. The lowest BCUT2D eigenvalue weighted by atomic mass is 10.1. The normalized spacial score (nSPS) is 11.4. The Kier molecular flexibility index (Phi) is 16.7. The minimum Gasteiger partial charge on any atom is -0.379 e. The molecule has 0 heterocycles. The van der Waals surface area contributed by atoms with Crippen LogP contribution >= 0.6 is 24.0 Å². The van der Waals surface area contributed by atoms with E-state index in [1.165, 1.54) is 30.4 Å². The Balaban J connectivity index is 0.00000676. The van der Waals surface area contributed by atoms with Gasteiger partial charge in [0.05, 0.1) is 19.8 Å². The first-order valence-corrected chi connectivity index (χ1v) is 9.83. The second kappa shape index (κ2) is 17.3. The number of benzene rings is 1. The Bertz CT molecular complexity index is 510. The maximum atomic E-state index is 5.63. The van der Waals surface area contributed by atoms with Crippen LogP contribution < -0.4 is 10.6 Å². The molecule has 6 heteroatoms. The van der Waals surface area contributed by atoms with Crippen molar-refractivity contribution in [2.24, 2.45) is 10.9 Å². The molecule has 0 unspecified atom stereocenters. The average Bonchev–Trinajstić information content (AvgIpc) is 2.64. The molecular weight excluding hydrogens is 453 g/mol. The molecule has 1 aromatic rings. The summed E-state index contributed by atoms with van der Waals surface area (Å²) in [5.41, 5.74) is 2.40. The highest BCUT2D eigenvalue weighted by Gasteiger charge is 2.01. The average molecular weight is 491 g/mol. The minimum absolute atomic E-state index is 0. The van der Waals surface area contributed by atoms with Crippen LogP contribution in [0.25, 0.3) is 0 Å². The summed E-state index contributed by atoms with van der Waals surface area (Å²) in [6, 6.07) is 8.45. The highest BCUT2D eigenvalue weighted by molar-refractivity contribution is 14.0. The number of halogens is 1. The van der Waals surface area contributed by atoms with E-state index in [0.29, 0.717) is 19.8 Å². The summed E-state index contributed by atoms with van der Waals surface area (Å²) in [5.74, 6) is 1.63. The maximum Gasteiger partial charge on any atom is 0.191 e. The van der Waals surface area contributed by atoms with Crippen molar-refractivity contribution in [2.75, 3.05) is 33.4 Å². The molecule has 0 saturated carbocycles. The van der Waals surface area contributed by atoms with Crippen LogP contribution in [0.15, 0.2) is 29.3 Å². The van der Waals surface area contributed by atoms with Crippen LogP contribution in [0.3, 0.4) is 0 Å². The van der Waals surface area contributed by atoms with Crippen molar-refractivity contribution >= 4 is 29.9 Å². The van der Waals surface area contributed by atoms with E-state index >= 15 is 0 Å². The fourth-order valence-electron chi connectivity index (χ4n) is 2.57. The van der Waals surface area contributed by atoms with Gasteiger partial charge in [0.15, 0.2) is 5.96 Å². The van der Waals surface area contributed by atoms with Gasteiger partial charge in [0.25, 0.3) is 0 Å². The summed E-state index contributed by atoms with van der Waals surface area (Å²) in [6.07, 6.45) is 3.72. The Morgan fingerprint density at radius 3 is 2.52 bits per heavy atom. The smallest absolute Gasteiger partial charge is 0.191 e. The van der Waals surface area contributed by atoms with Crippen LogP contribution in [-0.2, 0) is 22.6 Å². The van der Waals surface area contributed by atoms with Gasteiger partial charge in [-0.1, -0.05) is 51.0 Å². The van der Waals surface area contributed by atoms with E-state index in [4.69, 9.17) is 9.47 Å². The van der Waals surface area contributed by atoms with Crippen LogP contribution in [0, 0.1) is 5.92 Å². The highest BCUT2D eigenvalue weighted by Crippen LogP contribution is 2.07. The van der Waals surface area contributed by atoms with Crippen LogP contribution in [0.1, 0.15) is 51.2 Å². The fraction of sp³-hybridized carbons (Fsp3) is 0.667. The number of guanidine groups is 1.